The van der Waals surface area contributed by atoms with Crippen molar-refractivity contribution in [3.05, 3.63) is 0 Å². The van der Waals surface area contributed by atoms with E-state index in [0.29, 0.717) is 6.04 Å². The Morgan fingerprint density at radius 2 is 2.44 bits per heavy atom. The predicted octanol–water partition coefficient (Wildman–Crippen LogP) is -0.293. The molecule has 54 valence electrons. The highest BCUT2D eigenvalue weighted by molar-refractivity contribution is 4.73. The molecule has 1 aliphatic rings. The first-order valence-corrected chi connectivity index (χ1v) is 3.47. The highest BCUT2D eigenvalue weighted by Gasteiger charge is 2.19. The molecule has 0 aliphatic carbocycles. The number of hydrazine groups is 1. The minimum Gasteiger partial charge on any atom is -0.396 e. The largest absolute Gasteiger partial charge is 0.396 e. The van der Waals surface area contributed by atoms with Crippen LogP contribution in [0.15, 0.2) is 0 Å². The van der Waals surface area contributed by atoms with E-state index in [4.69, 9.17) is 10.9 Å². The highest BCUT2D eigenvalue weighted by Crippen LogP contribution is 2.14. The predicted molar refractivity (Wildman–Crippen MR) is 35.6 cm³/mol. The van der Waals surface area contributed by atoms with E-state index in [9.17, 15) is 0 Å². The highest BCUT2D eigenvalue weighted by atomic mass is 16.3. The van der Waals surface area contributed by atoms with E-state index in [1.807, 2.05) is 5.01 Å². The summed E-state index contributed by atoms with van der Waals surface area (Å²) in [5.41, 5.74) is 0. The molecule has 0 radical (unpaired) electrons. The molecule has 0 amide bonds. The van der Waals surface area contributed by atoms with E-state index in [-0.39, 0.29) is 6.61 Å². The Hall–Kier alpha value is -0.120. The van der Waals surface area contributed by atoms with Crippen LogP contribution < -0.4 is 5.84 Å². The second-order valence-electron chi connectivity index (χ2n) is 2.55. The van der Waals surface area contributed by atoms with E-state index >= 15 is 0 Å². The molecule has 0 bridgehead atoms. The lowest BCUT2D eigenvalue weighted by Crippen LogP contribution is -2.36. The minimum atomic E-state index is 0.262. The zero-order valence-corrected chi connectivity index (χ0v) is 5.58. The van der Waals surface area contributed by atoms with Crippen molar-refractivity contribution in [3.63, 3.8) is 0 Å². The van der Waals surface area contributed by atoms with Crippen LogP contribution in [-0.2, 0) is 0 Å². The van der Waals surface area contributed by atoms with Crippen molar-refractivity contribution in [2.75, 3.05) is 13.2 Å². The molecule has 1 rings (SSSR count). The van der Waals surface area contributed by atoms with Crippen LogP contribution in [0.2, 0.25) is 0 Å². The van der Waals surface area contributed by atoms with Gasteiger partial charge < -0.3 is 5.11 Å². The van der Waals surface area contributed by atoms with Crippen molar-refractivity contribution in [1.82, 2.24) is 5.01 Å². The van der Waals surface area contributed by atoms with E-state index in [2.05, 4.69) is 0 Å². The van der Waals surface area contributed by atoms with Crippen molar-refractivity contribution in [3.8, 4) is 0 Å². The Morgan fingerprint density at radius 1 is 1.67 bits per heavy atom. The van der Waals surface area contributed by atoms with Crippen LogP contribution in [0.25, 0.3) is 0 Å². The Balaban J connectivity index is 2.22. The maximum atomic E-state index is 8.56. The third-order valence-corrected chi connectivity index (χ3v) is 1.89. The molecule has 0 spiro atoms. The van der Waals surface area contributed by atoms with Gasteiger partial charge in [-0.25, -0.2) is 5.01 Å². The molecule has 1 atom stereocenters. The number of aliphatic hydroxyl groups excluding tert-OH is 1. The number of nitrogens with zero attached hydrogens (tertiary/aromatic N) is 1. The van der Waals surface area contributed by atoms with E-state index < -0.39 is 0 Å². The van der Waals surface area contributed by atoms with E-state index in [1.54, 1.807) is 0 Å². The van der Waals surface area contributed by atoms with Crippen LogP contribution in [0.4, 0.5) is 0 Å². The number of hydrogen-bond donors (Lipinski definition) is 2. The van der Waals surface area contributed by atoms with Crippen molar-refractivity contribution >= 4 is 0 Å². The van der Waals surface area contributed by atoms with Gasteiger partial charge in [-0.1, -0.05) is 0 Å². The summed E-state index contributed by atoms with van der Waals surface area (Å²) in [6.45, 7) is 1.25. The Labute approximate surface area is 55.4 Å². The van der Waals surface area contributed by atoms with Crippen LogP contribution in [0.3, 0.4) is 0 Å². The average Bonchev–Trinajstić information content (AvgIpc) is 2.18. The molecule has 3 nitrogen and oxygen atoms in total. The van der Waals surface area contributed by atoms with Gasteiger partial charge in [0.15, 0.2) is 0 Å². The normalized spacial score (nSPS) is 29.3. The molecular weight excluding hydrogens is 116 g/mol. The van der Waals surface area contributed by atoms with E-state index in [0.717, 1.165) is 19.4 Å². The van der Waals surface area contributed by atoms with Crippen molar-refractivity contribution in [1.29, 1.82) is 0 Å². The van der Waals surface area contributed by atoms with Crippen LogP contribution in [0.5, 0.6) is 0 Å². The first-order chi connectivity index (χ1) is 4.34. The SMILES string of the molecule is NN1CCCC1CCO. The van der Waals surface area contributed by atoms with Gasteiger partial charge in [0, 0.05) is 19.2 Å². The van der Waals surface area contributed by atoms with Gasteiger partial charge in [0.1, 0.15) is 0 Å². The second-order valence-corrected chi connectivity index (χ2v) is 2.55. The minimum absolute atomic E-state index is 0.262. The molecule has 0 aromatic rings. The Kier molecular flexibility index (Phi) is 2.45. The first kappa shape index (κ1) is 6.99. The maximum Gasteiger partial charge on any atom is 0.0446 e. The van der Waals surface area contributed by atoms with Gasteiger partial charge in [-0.15, -0.1) is 0 Å². The summed E-state index contributed by atoms with van der Waals surface area (Å²) in [5, 5.41) is 10.4. The fraction of sp³-hybridized carbons (Fsp3) is 1.00. The Morgan fingerprint density at radius 3 is 2.89 bits per heavy atom. The van der Waals surface area contributed by atoms with Gasteiger partial charge in [-0.3, -0.25) is 5.84 Å². The second kappa shape index (κ2) is 3.15. The number of nitrogens with two attached hydrogens (primary N) is 1. The summed E-state index contributed by atoms with van der Waals surface area (Å²) in [7, 11) is 0. The van der Waals surface area contributed by atoms with E-state index in [1.165, 1.54) is 6.42 Å². The molecule has 3 N–H and O–H groups in total. The lowest BCUT2D eigenvalue weighted by molar-refractivity contribution is 0.198. The molecule has 3 heteroatoms. The van der Waals surface area contributed by atoms with Gasteiger partial charge in [-0.2, -0.15) is 0 Å². The zero-order valence-electron chi connectivity index (χ0n) is 5.58. The summed E-state index contributed by atoms with van der Waals surface area (Å²) in [5.74, 6) is 5.59. The number of rotatable bonds is 2. The lowest BCUT2D eigenvalue weighted by Gasteiger charge is -2.16. The summed E-state index contributed by atoms with van der Waals surface area (Å²) < 4.78 is 0. The molecule has 1 fully saturated rings. The third-order valence-electron chi connectivity index (χ3n) is 1.89. The first-order valence-electron chi connectivity index (χ1n) is 3.47. The maximum absolute atomic E-state index is 8.56. The molecule has 1 saturated heterocycles. The van der Waals surface area contributed by atoms with Crippen molar-refractivity contribution in [2.24, 2.45) is 5.84 Å². The zero-order chi connectivity index (χ0) is 6.69. The molecular formula is C6H14N2O. The molecule has 0 saturated carbocycles. The lowest BCUT2D eigenvalue weighted by atomic mass is 10.2. The van der Waals surface area contributed by atoms with Crippen LogP contribution in [0.1, 0.15) is 19.3 Å². The third kappa shape index (κ3) is 1.64. The Bertz CT molecular complexity index is 87.1. The van der Waals surface area contributed by atoms with Gasteiger partial charge in [0.25, 0.3) is 0 Å². The van der Waals surface area contributed by atoms with Crippen molar-refractivity contribution < 1.29 is 5.11 Å². The van der Waals surface area contributed by atoms with Crippen molar-refractivity contribution in [2.45, 2.75) is 25.3 Å². The molecule has 1 heterocycles. The summed E-state index contributed by atoms with van der Waals surface area (Å²) >= 11 is 0. The van der Waals surface area contributed by atoms with Crippen LogP contribution >= 0.6 is 0 Å². The van der Waals surface area contributed by atoms with Crippen LogP contribution in [-0.4, -0.2) is 29.3 Å². The monoisotopic (exact) mass is 130 g/mol. The fourth-order valence-corrected chi connectivity index (χ4v) is 1.32. The quantitative estimate of drug-likeness (QED) is 0.505. The van der Waals surface area contributed by atoms with Gasteiger partial charge in [0.05, 0.1) is 0 Å². The summed E-state index contributed by atoms with van der Waals surface area (Å²) in [6.07, 6.45) is 3.16. The van der Waals surface area contributed by atoms with Gasteiger partial charge in [-0.05, 0) is 19.3 Å². The molecule has 1 unspecified atom stereocenters. The smallest absolute Gasteiger partial charge is 0.0446 e. The molecule has 1 aliphatic heterocycles. The van der Waals surface area contributed by atoms with Gasteiger partial charge >= 0.3 is 0 Å². The number of hydrogen-bond acceptors (Lipinski definition) is 3. The number of aliphatic hydroxyl groups is 1. The fourth-order valence-electron chi connectivity index (χ4n) is 1.32. The molecule has 0 aromatic heterocycles. The standard InChI is InChI=1S/C6H14N2O/c7-8-4-1-2-6(8)3-5-9/h6,9H,1-5,7H2. The average molecular weight is 130 g/mol. The van der Waals surface area contributed by atoms with Crippen LogP contribution in [0, 0.1) is 0 Å². The summed E-state index contributed by atoms with van der Waals surface area (Å²) in [6, 6.07) is 0.440. The molecule has 9 heavy (non-hydrogen) atoms. The molecule has 0 aromatic carbocycles. The van der Waals surface area contributed by atoms with Gasteiger partial charge in [0.2, 0.25) is 0 Å². The summed E-state index contributed by atoms with van der Waals surface area (Å²) in [4.78, 5) is 0. The topological polar surface area (TPSA) is 49.5 Å².